The average Bonchev–Trinajstić information content (AvgIpc) is 2.14. The van der Waals surface area contributed by atoms with Crippen molar-refractivity contribution in [1.82, 2.24) is 5.32 Å². The molecule has 16 heavy (non-hydrogen) atoms. The van der Waals surface area contributed by atoms with E-state index in [2.05, 4.69) is 46.2 Å². The van der Waals surface area contributed by atoms with Gasteiger partial charge in [-0.3, -0.25) is 0 Å². The predicted octanol–water partition coefficient (Wildman–Crippen LogP) is 4.52. The van der Waals surface area contributed by atoms with Crippen LogP contribution >= 0.6 is 0 Å². The maximum atomic E-state index is 4.22. The van der Waals surface area contributed by atoms with E-state index in [0.29, 0.717) is 11.3 Å². The third-order valence-electron chi connectivity index (χ3n) is 2.81. The maximum absolute atomic E-state index is 4.22. The number of nitrogens with one attached hydrogen (secondary N) is 1. The molecule has 0 rings (SSSR count). The van der Waals surface area contributed by atoms with Crippen molar-refractivity contribution < 1.29 is 0 Å². The van der Waals surface area contributed by atoms with Gasteiger partial charge in [0.15, 0.2) is 0 Å². The molecule has 0 saturated heterocycles. The average molecular weight is 223 g/mol. The lowest BCUT2D eigenvalue weighted by Crippen LogP contribution is -2.11. The molecule has 0 aromatic rings. The Morgan fingerprint density at radius 1 is 1.31 bits per heavy atom. The molecule has 1 atom stereocenters. The van der Waals surface area contributed by atoms with Crippen molar-refractivity contribution in [2.75, 3.05) is 6.54 Å². The molecule has 0 aliphatic carbocycles. The van der Waals surface area contributed by atoms with Gasteiger partial charge in [0.2, 0.25) is 0 Å². The fourth-order valence-corrected chi connectivity index (χ4v) is 1.84. The lowest BCUT2D eigenvalue weighted by molar-refractivity contribution is 0.385. The molecule has 1 nitrogen and oxygen atoms in total. The minimum absolute atomic E-state index is 0.371. The molecule has 0 bridgehead atoms. The molecule has 0 aromatic heterocycles. The lowest BCUT2D eigenvalue weighted by atomic mass is 9.82. The van der Waals surface area contributed by atoms with Crippen LogP contribution in [0.5, 0.6) is 0 Å². The van der Waals surface area contributed by atoms with Crippen LogP contribution in [-0.4, -0.2) is 6.54 Å². The number of allylic oxidation sites excluding steroid dienone is 1. The van der Waals surface area contributed by atoms with Gasteiger partial charge in [-0.2, -0.15) is 0 Å². The summed E-state index contributed by atoms with van der Waals surface area (Å²) in [5.74, 6) is 0.656. The Morgan fingerprint density at radius 2 is 1.94 bits per heavy atom. The van der Waals surface area contributed by atoms with Crippen LogP contribution in [-0.2, 0) is 0 Å². The van der Waals surface area contributed by atoms with Gasteiger partial charge in [-0.05, 0) is 36.8 Å². The Kier molecular flexibility index (Phi) is 7.20. The van der Waals surface area contributed by atoms with E-state index in [1.54, 1.807) is 6.20 Å². The second kappa shape index (κ2) is 7.54. The molecule has 1 N–H and O–H groups in total. The quantitative estimate of drug-likeness (QED) is 0.471. The van der Waals surface area contributed by atoms with Crippen LogP contribution in [0, 0.1) is 11.3 Å². The first kappa shape index (κ1) is 15.3. The van der Waals surface area contributed by atoms with Crippen molar-refractivity contribution in [3.63, 3.8) is 0 Å². The Morgan fingerprint density at radius 3 is 2.44 bits per heavy atom. The summed E-state index contributed by atoms with van der Waals surface area (Å²) in [6, 6.07) is 0. The monoisotopic (exact) mass is 223 g/mol. The SMILES string of the molecule is C=CNCCCCC(C)C(=C)CC(C)(C)C. The van der Waals surface area contributed by atoms with Gasteiger partial charge in [0.25, 0.3) is 0 Å². The molecule has 0 heterocycles. The van der Waals surface area contributed by atoms with Gasteiger partial charge >= 0.3 is 0 Å². The Hall–Kier alpha value is -0.720. The fraction of sp³-hybridized carbons (Fsp3) is 0.733. The predicted molar refractivity (Wildman–Crippen MR) is 74.4 cm³/mol. The van der Waals surface area contributed by atoms with Gasteiger partial charge in [0.05, 0.1) is 0 Å². The van der Waals surface area contributed by atoms with E-state index in [0.717, 1.165) is 13.0 Å². The molecule has 0 aliphatic heterocycles. The summed E-state index contributed by atoms with van der Waals surface area (Å²) in [6.45, 7) is 18.0. The number of hydrogen-bond donors (Lipinski definition) is 1. The summed E-state index contributed by atoms with van der Waals surface area (Å²) in [7, 11) is 0. The highest BCUT2D eigenvalue weighted by Gasteiger charge is 2.15. The van der Waals surface area contributed by atoms with Crippen LogP contribution in [0.4, 0.5) is 0 Å². The molecule has 0 aromatic carbocycles. The van der Waals surface area contributed by atoms with E-state index < -0.39 is 0 Å². The summed E-state index contributed by atoms with van der Waals surface area (Å²) in [4.78, 5) is 0. The smallest absolute Gasteiger partial charge is 0.0141 e. The summed E-state index contributed by atoms with van der Waals surface area (Å²) < 4.78 is 0. The molecule has 0 saturated carbocycles. The second-order valence-corrected chi connectivity index (χ2v) is 5.95. The Balaban J connectivity index is 3.67. The zero-order valence-corrected chi connectivity index (χ0v) is 11.6. The Labute approximate surface area is 102 Å². The van der Waals surface area contributed by atoms with E-state index in [1.165, 1.54) is 24.8 Å². The van der Waals surface area contributed by atoms with Gasteiger partial charge in [-0.15, -0.1) is 0 Å². The highest BCUT2D eigenvalue weighted by Crippen LogP contribution is 2.29. The summed E-state index contributed by atoms with van der Waals surface area (Å²) in [5, 5.41) is 3.13. The molecule has 0 aliphatic rings. The topological polar surface area (TPSA) is 12.0 Å². The van der Waals surface area contributed by atoms with Crippen LogP contribution in [0.2, 0.25) is 0 Å². The third-order valence-corrected chi connectivity index (χ3v) is 2.81. The van der Waals surface area contributed by atoms with Crippen molar-refractivity contribution in [2.24, 2.45) is 11.3 Å². The Bertz CT molecular complexity index is 210. The zero-order chi connectivity index (χ0) is 12.6. The van der Waals surface area contributed by atoms with Crippen molar-refractivity contribution in [1.29, 1.82) is 0 Å². The summed E-state index contributed by atoms with van der Waals surface area (Å²) in [6.07, 6.45) is 6.65. The van der Waals surface area contributed by atoms with E-state index >= 15 is 0 Å². The van der Waals surface area contributed by atoms with Crippen LogP contribution in [0.1, 0.15) is 53.4 Å². The second-order valence-electron chi connectivity index (χ2n) is 5.95. The van der Waals surface area contributed by atoms with Crippen molar-refractivity contribution >= 4 is 0 Å². The molecule has 0 spiro atoms. The van der Waals surface area contributed by atoms with Crippen LogP contribution in [0.25, 0.3) is 0 Å². The van der Waals surface area contributed by atoms with Crippen molar-refractivity contribution in [2.45, 2.75) is 53.4 Å². The van der Waals surface area contributed by atoms with Gasteiger partial charge < -0.3 is 5.32 Å². The minimum atomic E-state index is 0.371. The van der Waals surface area contributed by atoms with Gasteiger partial charge in [-0.25, -0.2) is 0 Å². The highest BCUT2D eigenvalue weighted by molar-refractivity contribution is 5.01. The van der Waals surface area contributed by atoms with Crippen LogP contribution in [0.3, 0.4) is 0 Å². The standard InChI is InChI=1S/C15H29N/c1-7-16-11-9-8-10-13(2)14(3)12-15(4,5)6/h7,13,16H,1,3,8-12H2,2,4-6H3. The maximum Gasteiger partial charge on any atom is 0.0141 e. The first-order valence-electron chi connectivity index (χ1n) is 6.39. The highest BCUT2D eigenvalue weighted by atomic mass is 14.8. The zero-order valence-electron chi connectivity index (χ0n) is 11.6. The largest absolute Gasteiger partial charge is 0.391 e. The number of hydrogen-bond acceptors (Lipinski definition) is 1. The molecular formula is C15H29N. The first-order valence-corrected chi connectivity index (χ1v) is 6.39. The van der Waals surface area contributed by atoms with Crippen molar-refractivity contribution in [3.8, 4) is 0 Å². The van der Waals surface area contributed by atoms with Crippen LogP contribution in [0.15, 0.2) is 24.9 Å². The minimum Gasteiger partial charge on any atom is -0.391 e. The molecule has 0 fully saturated rings. The van der Waals surface area contributed by atoms with E-state index in [4.69, 9.17) is 0 Å². The summed E-state index contributed by atoms with van der Waals surface area (Å²) in [5.41, 5.74) is 1.78. The third kappa shape index (κ3) is 8.58. The molecule has 0 amide bonds. The fourth-order valence-electron chi connectivity index (χ4n) is 1.84. The van der Waals surface area contributed by atoms with Crippen molar-refractivity contribution in [3.05, 3.63) is 24.9 Å². The van der Waals surface area contributed by atoms with Gasteiger partial charge in [0, 0.05) is 6.54 Å². The van der Waals surface area contributed by atoms with E-state index in [-0.39, 0.29) is 0 Å². The molecule has 94 valence electrons. The molecule has 1 heteroatoms. The molecular weight excluding hydrogens is 194 g/mol. The van der Waals surface area contributed by atoms with E-state index in [1.807, 2.05) is 0 Å². The summed E-state index contributed by atoms with van der Waals surface area (Å²) >= 11 is 0. The van der Waals surface area contributed by atoms with E-state index in [9.17, 15) is 0 Å². The van der Waals surface area contributed by atoms with Crippen LogP contribution < -0.4 is 5.32 Å². The molecule has 1 unspecified atom stereocenters. The normalized spacial score (nSPS) is 13.2. The lowest BCUT2D eigenvalue weighted by Gasteiger charge is -2.23. The molecule has 0 radical (unpaired) electrons. The van der Waals surface area contributed by atoms with Gasteiger partial charge in [-0.1, -0.05) is 52.8 Å². The number of rotatable bonds is 8. The number of unbranched alkanes of at least 4 members (excludes halogenated alkanes) is 1. The van der Waals surface area contributed by atoms with Gasteiger partial charge in [0.1, 0.15) is 0 Å². The first-order chi connectivity index (χ1) is 7.37.